The van der Waals surface area contributed by atoms with Crippen LogP contribution in [-0.2, 0) is 9.53 Å². The molecule has 6 nitrogen and oxygen atoms in total. The average molecular weight is 358 g/mol. The van der Waals surface area contributed by atoms with Gasteiger partial charge in [0.05, 0.1) is 6.10 Å². The number of aromatic amines is 1. The molecule has 0 saturated heterocycles. The summed E-state index contributed by atoms with van der Waals surface area (Å²) < 4.78 is 6.27. The molecule has 1 aliphatic carbocycles. The lowest BCUT2D eigenvalue weighted by Gasteiger charge is -2.57. The Balaban J connectivity index is 2.18. The number of hydrogen-bond donors (Lipinski definition) is 3. The van der Waals surface area contributed by atoms with Crippen molar-refractivity contribution in [1.29, 1.82) is 0 Å². The molecule has 21 heavy (non-hydrogen) atoms. The van der Waals surface area contributed by atoms with Gasteiger partial charge in [-0.25, -0.2) is 0 Å². The van der Waals surface area contributed by atoms with Crippen molar-refractivity contribution in [1.82, 2.24) is 4.98 Å². The van der Waals surface area contributed by atoms with Crippen molar-refractivity contribution in [2.45, 2.75) is 38.8 Å². The zero-order chi connectivity index (χ0) is 15.8. The van der Waals surface area contributed by atoms with Crippen LogP contribution in [0.3, 0.4) is 0 Å². The minimum atomic E-state index is -1.05. The number of nitrogens with one attached hydrogen (secondary N) is 2. The molecule has 116 valence electrons. The molecular formula is C14H20BrN3O3. The molecule has 1 heterocycles. The van der Waals surface area contributed by atoms with Gasteiger partial charge in [-0.15, -0.1) is 0 Å². The predicted molar refractivity (Wildman–Crippen MR) is 84.1 cm³/mol. The molecule has 2 unspecified atom stereocenters. The van der Waals surface area contributed by atoms with Gasteiger partial charge in [0.1, 0.15) is 11.2 Å². The van der Waals surface area contributed by atoms with Gasteiger partial charge in [0.2, 0.25) is 5.91 Å². The first-order valence-electron chi connectivity index (χ1n) is 6.82. The lowest BCUT2D eigenvalue weighted by Crippen LogP contribution is -2.74. The molecule has 1 aromatic heterocycles. The number of amides is 1. The fourth-order valence-electron chi connectivity index (χ4n) is 2.60. The number of carbonyl (C=O) groups is 1. The number of rotatable bonds is 4. The Morgan fingerprint density at radius 3 is 2.86 bits per heavy atom. The van der Waals surface area contributed by atoms with Crippen molar-refractivity contribution in [2.24, 2.45) is 11.1 Å². The van der Waals surface area contributed by atoms with E-state index in [1.165, 1.54) is 6.20 Å². The molecule has 2 rings (SSSR count). The fraction of sp³-hybridized carbons (Fsp3) is 0.571. The zero-order valence-corrected chi connectivity index (χ0v) is 13.9. The third-order valence-electron chi connectivity index (χ3n) is 4.35. The van der Waals surface area contributed by atoms with Crippen LogP contribution in [0.5, 0.6) is 0 Å². The van der Waals surface area contributed by atoms with Crippen molar-refractivity contribution in [3.8, 4) is 0 Å². The van der Waals surface area contributed by atoms with E-state index in [9.17, 15) is 9.59 Å². The lowest BCUT2D eigenvalue weighted by atomic mass is 9.54. The largest absolute Gasteiger partial charge is 0.378 e. The number of hydrogen-bond acceptors (Lipinski definition) is 4. The molecule has 2 atom stereocenters. The van der Waals surface area contributed by atoms with E-state index in [1.807, 2.05) is 20.8 Å². The van der Waals surface area contributed by atoms with E-state index in [0.29, 0.717) is 17.5 Å². The van der Waals surface area contributed by atoms with Crippen molar-refractivity contribution in [2.75, 3.05) is 11.9 Å². The van der Waals surface area contributed by atoms with Gasteiger partial charge in [-0.3, -0.25) is 9.59 Å². The molecule has 7 heteroatoms. The Morgan fingerprint density at radius 2 is 2.29 bits per heavy atom. The first-order valence-corrected chi connectivity index (χ1v) is 7.62. The van der Waals surface area contributed by atoms with E-state index in [4.69, 9.17) is 10.5 Å². The van der Waals surface area contributed by atoms with E-state index in [2.05, 4.69) is 26.2 Å². The van der Waals surface area contributed by atoms with Crippen LogP contribution in [0.2, 0.25) is 0 Å². The third kappa shape index (κ3) is 2.65. The summed E-state index contributed by atoms with van der Waals surface area (Å²) >= 11 is 3.25. The van der Waals surface area contributed by atoms with Crippen LogP contribution >= 0.6 is 15.9 Å². The van der Waals surface area contributed by atoms with Crippen LogP contribution in [0.25, 0.3) is 0 Å². The summed E-state index contributed by atoms with van der Waals surface area (Å²) in [6.45, 7) is 6.30. The molecule has 0 radical (unpaired) electrons. The molecule has 0 aromatic carbocycles. The second kappa shape index (κ2) is 5.55. The highest BCUT2D eigenvalue weighted by Crippen LogP contribution is 2.50. The van der Waals surface area contributed by atoms with Crippen LogP contribution in [0, 0.1) is 5.41 Å². The fourth-order valence-corrected chi connectivity index (χ4v) is 2.95. The Labute approximate surface area is 131 Å². The Kier molecular flexibility index (Phi) is 4.28. The van der Waals surface area contributed by atoms with Gasteiger partial charge in [0.15, 0.2) is 0 Å². The summed E-state index contributed by atoms with van der Waals surface area (Å²) in [6.07, 6.45) is 1.89. The molecule has 1 amide bonds. The van der Waals surface area contributed by atoms with Crippen molar-refractivity contribution in [3.05, 3.63) is 27.1 Å². The van der Waals surface area contributed by atoms with Crippen LogP contribution in [0.4, 0.5) is 5.69 Å². The van der Waals surface area contributed by atoms with E-state index >= 15 is 0 Å². The van der Waals surface area contributed by atoms with E-state index in [0.717, 1.165) is 0 Å². The minimum Gasteiger partial charge on any atom is -0.378 e. The maximum atomic E-state index is 12.5. The highest BCUT2D eigenvalue weighted by atomic mass is 79.9. The first-order chi connectivity index (χ1) is 9.72. The van der Waals surface area contributed by atoms with E-state index in [-0.39, 0.29) is 23.3 Å². The number of ether oxygens (including phenoxy) is 1. The number of H-pyrrole nitrogens is 1. The Hall–Kier alpha value is -1.18. The summed E-state index contributed by atoms with van der Waals surface area (Å²) in [5, 5.41) is 2.62. The van der Waals surface area contributed by atoms with Gasteiger partial charge in [-0.2, -0.15) is 0 Å². The third-order valence-corrected chi connectivity index (χ3v) is 4.81. The molecule has 1 aliphatic rings. The Morgan fingerprint density at radius 1 is 1.62 bits per heavy atom. The molecule has 1 saturated carbocycles. The molecule has 4 N–H and O–H groups in total. The maximum Gasteiger partial charge on any atom is 0.271 e. The number of carbonyl (C=O) groups excluding carboxylic acids is 1. The molecular weight excluding hydrogens is 338 g/mol. The molecule has 0 aliphatic heterocycles. The van der Waals surface area contributed by atoms with Gasteiger partial charge in [-0.1, -0.05) is 13.8 Å². The topological polar surface area (TPSA) is 97.2 Å². The van der Waals surface area contributed by atoms with Crippen LogP contribution in [0.1, 0.15) is 27.2 Å². The number of aromatic nitrogens is 1. The van der Waals surface area contributed by atoms with E-state index in [1.54, 1.807) is 6.07 Å². The quantitative estimate of drug-likeness (QED) is 0.762. The normalized spacial score (nSPS) is 27.0. The molecule has 0 spiro atoms. The van der Waals surface area contributed by atoms with Gasteiger partial charge in [-0.05, 0) is 28.9 Å². The molecule has 1 aromatic rings. The van der Waals surface area contributed by atoms with Gasteiger partial charge >= 0.3 is 0 Å². The van der Waals surface area contributed by atoms with Crippen LogP contribution < -0.4 is 16.6 Å². The predicted octanol–water partition coefficient (Wildman–Crippen LogP) is 1.61. The van der Waals surface area contributed by atoms with Crippen molar-refractivity contribution in [3.63, 3.8) is 0 Å². The summed E-state index contributed by atoms with van der Waals surface area (Å²) in [5.74, 6) is -0.368. The lowest BCUT2D eigenvalue weighted by molar-refractivity contribution is -0.166. The monoisotopic (exact) mass is 357 g/mol. The SMILES string of the molecule is CCOC1CC(N)(C(=O)Nc2cc(Br)c[nH]c2=O)C1(C)C. The zero-order valence-electron chi connectivity index (χ0n) is 12.3. The summed E-state index contributed by atoms with van der Waals surface area (Å²) in [5.41, 5.74) is 4.53. The van der Waals surface area contributed by atoms with Crippen molar-refractivity contribution >= 4 is 27.5 Å². The maximum absolute atomic E-state index is 12.5. The number of nitrogens with two attached hydrogens (primary N) is 1. The number of anilines is 1. The van der Waals surface area contributed by atoms with Gasteiger partial charge < -0.3 is 20.8 Å². The van der Waals surface area contributed by atoms with Crippen LogP contribution in [0.15, 0.2) is 21.5 Å². The Bertz CT molecular complexity index is 614. The smallest absolute Gasteiger partial charge is 0.271 e. The average Bonchev–Trinajstić information content (AvgIpc) is 2.42. The van der Waals surface area contributed by atoms with E-state index < -0.39 is 11.0 Å². The standard InChI is InChI=1S/C14H20BrN3O3/c1-4-21-10-6-14(16,13(10,2)3)12(20)18-9-5-8(15)7-17-11(9)19/h5,7,10H,4,6,16H2,1-3H3,(H,17,19)(H,18,20). The second-order valence-corrected chi connectivity index (χ2v) is 6.77. The minimum absolute atomic E-state index is 0.0564. The highest BCUT2D eigenvalue weighted by Gasteiger charge is 2.62. The first kappa shape index (κ1) is 16.2. The molecule has 0 bridgehead atoms. The second-order valence-electron chi connectivity index (χ2n) is 5.86. The number of halogens is 1. The molecule has 1 fully saturated rings. The number of pyridine rings is 1. The summed E-state index contributed by atoms with van der Waals surface area (Å²) in [6, 6.07) is 1.55. The summed E-state index contributed by atoms with van der Waals surface area (Å²) in [4.78, 5) is 26.7. The summed E-state index contributed by atoms with van der Waals surface area (Å²) in [7, 11) is 0. The highest BCUT2D eigenvalue weighted by molar-refractivity contribution is 9.10. The van der Waals surface area contributed by atoms with Gasteiger partial charge in [0.25, 0.3) is 5.56 Å². The van der Waals surface area contributed by atoms with Gasteiger partial charge in [0, 0.05) is 29.1 Å². The van der Waals surface area contributed by atoms with Crippen molar-refractivity contribution < 1.29 is 9.53 Å². The van der Waals surface area contributed by atoms with Crippen LogP contribution in [-0.4, -0.2) is 29.1 Å².